The first kappa shape index (κ1) is 18.7. The molecule has 5 nitrogen and oxygen atoms in total. The van der Waals surface area contributed by atoms with Gasteiger partial charge in [-0.05, 0) is 55.8 Å². The van der Waals surface area contributed by atoms with Gasteiger partial charge in [0.15, 0.2) is 5.96 Å². The van der Waals surface area contributed by atoms with Gasteiger partial charge < -0.3 is 20.5 Å². The number of guanidine groups is 1. The minimum Gasteiger partial charge on any atom is -0.491 e. The Morgan fingerprint density at radius 2 is 1.76 bits per heavy atom. The van der Waals surface area contributed by atoms with E-state index in [0.29, 0.717) is 6.54 Å². The summed E-state index contributed by atoms with van der Waals surface area (Å²) in [6.07, 6.45) is -0.161. The van der Waals surface area contributed by atoms with E-state index in [1.807, 2.05) is 38.1 Å². The molecule has 0 amide bonds. The lowest BCUT2D eigenvalue weighted by atomic mass is 10.1. The number of aliphatic imine (C=N–C) groups is 1. The normalized spacial score (nSPS) is 12.9. The van der Waals surface area contributed by atoms with Crippen molar-refractivity contribution in [3.63, 3.8) is 0 Å². The summed E-state index contributed by atoms with van der Waals surface area (Å²) in [5, 5.41) is 3.02. The number of ether oxygens (including phenoxy) is 2. The SMILES string of the molecule is COC(CN=C(N)Nc1ccc(OC(C)C)cc1)c1ccc(F)cc1. The van der Waals surface area contributed by atoms with Gasteiger partial charge in [-0.15, -0.1) is 0 Å². The number of anilines is 1. The molecule has 0 spiro atoms. The third kappa shape index (κ3) is 6.08. The highest BCUT2D eigenvalue weighted by atomic mass is 19.1. The molecule has 1 unspecified atom stereocenters. The van der Waals surface area contributed by atoms with Gasteiger partial charge in [-0.2, -0.15) is 0 Å². The van der Waals surface area contributed by atoms with Crippen LogP contribution in [0.5, 0.6) is 5.75 Å². The predicted octanol–water partition coefficient (Wildman–Crippen LogP) is 3.73. The van der Waals surface area contributed by atoms with E-state index in [9.17, 15) is 4.39 Å². The maximum Gasteiger partial charge on any atom is 0.193 e. The standard InChI is InChI=1S/C19H24FN3O2/c1-13(2)25-17-10-8-16(9-11-17)23-19(21)22-12-18(24-3)14-4-6-15(20)7-5-14/h4-11,13,18H,12H2,1-3H3,(H3,21,22,23). The van der Waals surface area contributed by atoms with Crippen molar-refractivity contribution in [1.82, 2.24) is 0 Å². The molecule has 25 heavy (non-hydrogen) atoms. The molecule has 3 N–H and O–H groups in total. The fourth-order valence-electron chi connectivity index (χ4n) is 2.25. The van der Waals surface area contributed by atoms with Crippen LogP contribution in [0.4, 0.5) is 10.1 Å². The number of benzene rings is 2. The van der Waals surface area contributed by atoms with Crippen molar-refractivity contribution in [2.75, 3.05) is 19.0 Å². The van der Waals surface area contributed by atoms with Gasteiger partial charge in [0.1, 0.15) is 17.7 Å². The first-order valence-electron chi connectivity index (χ1n) is 8.10. The smallest absolute Gasteiger partial charge is 0.193 e. The number of nitrogens with one attached hydrogen (secondary N) is 1. The van der Waals surface area contributed by atoms with E-state index in [4.69, 9.17) is 15.2 Å². The Bertz CT molecular complexity index is 685. The fourth-order valence-corrected chi connectivity index (χ4v) is 2.25. The van der Waals surface area contributed by atoms with Crippen LogP contribution >= 0.6 is 0 Å². The first-order chi connectivity index (χ1) is 12.0. The van der Waals surface area contributed by atoms with Crippen molar-refractivity contribution >= 4 is 11.6 Å². The molecule has 0 saturated carbocycles. The van der Waals surface area contributed by atoms with Gasteiger partial charge in [0.05, 0.1) is 12.6 Å². The van der Waals surface area contributed by atoms with Gasteiger partial charge in [-0.3, -0.25) is 4.99 Å². The third-order valence-electron chi connectivity index (χ3n) is 3.45. The summed E-state index contributed by atoms with van der Waals surface area (Å²) in [6.45, 7) is 4.28. The number of nitrogens with two attached hydrogens (primary N) is 1. The summed E-state index contributed by atoms with van der Waals surface area (Å²) in [5.41, 5.74) is 7.58. The summed E-state index contributed by atoms with van der Waals surface area (Å²) in [6, 6.07) is 13.6. The number of methoxy groups -OCH3 is 1. The Balaban J connectivity index is 1.94. The Morgan fingerprint density at radius 1 is 1.12 bits per heavy atom. The Morgan fingerprint density at radius 3 is 2.32 bits per heavy atom. The van der Waals surface area contributed by atoms with E-state index < -0.39 is 0 Å². The largest absolute Gasteiger partial charge is 0.491 e. The monoisotopic (exact) mass is 345 g/mol. The molecule has 0 bridgehead atoms. The van der Waals surface area contributed by atoms with Crippen molar-refractivity contribution < 1.29 is 13.9 Å². The van der Waals surface area contributed by atoms with Crippen molar-refractivity contribution in [3.8, 4) is 5.75 Å². The molecule has 2 aromatic carbocycles. The number of hydrogen-bond acceptors (Lipinski definition) is 3. The maximum atomic E-state index is 13.0. The van der Waals surface area contributed by atoms with E-state index in [1.54, 1.807) is 19.2 Å². The van der Waals surface area contributed by atoms with Crippen molar-refractivity contribution in [2.24, 2.45) is 10.7 Å². The first-order valence-corrected chi connectivity index (χ1v) is 8.10. The molecule has 0 heterocycles. The lowest BCUT2D eigenvalue weighted by Crippen LogP contribution is -2.23. The second kappa shape index (κ2) is 9.03. The minimum absolute atomic E-state index is 0.128. The van der Waals surface area contributed by atoms with Crippen LogP contribution in [0.15, 0.2) is 53.5 Å². The van der Waals surface area contributed by atoms with E-state index in [2.05, 4.69) is 10.3 Å². The summed E-state index contributed by atoms with van der Waals surface area (Å²) < 4.78 is 24.0. The summed E-state index contributed by atoms with van der Waals surface area (Å²) in [5.74, 6) is 0.793. The van der Waals surface area contributed by atoms with Gasteiger partial charge in [0, 0.05) is 12.8 Å². The second-order valence-corrected chi connectivity index (χ2v) is 5.82. The molecule has 0 aliphatic carbocycles. The minimum atomic E-state index is -0.289. The van der Waals surface area contributed by atoms with Crippen molar-refractivity contribution in [3.05, 3.63) is 59.9 Å². The summed E-state index contributed by atoms with van der Waals surface area (Å²) in [7, 11) is 1.58. The molecule has 0 radical (unpaired) electrons. The van der Waals surface area contributed by atoms with Gasteiger partial charge in [-0.1, -0.05) is 12.1 Å². The maximum absolute atomic E-state index is 13.0. The Labute approximate surface area is 147 Å². The van der Waals surface area contributed by atoms with Crippen LogP contribution < -0.4 is 15.8 Å². The highest BCUT2D eigenvalue weighted by molar-refractivity contribution is 5.92. The Kier molecular flexibility index (Phi) is 6.77. The van der Waals surface area contributed by atoms with Crippen LogP contribution in [0.25, 0.3) is 0 Å². The molecule has 0 aliphatic heterocycles. The highest BCUT2D eigenvalue weighted by Crippen LogP contribution is 2.18. The van der Waals surface area contributed by atoms with Gasteiger partial charge in [0.2, 0.25) is 0 Å². The van der Waals surface area contributed by atoms with Crippen molar-refractivity contribution in [2.45, 2.75) is 26.1 Å². The van der Waals surface area contributed by atoms with Gasteiger partial charge in [-0.25, -0.2) is 4.39 Å². The topological polar surface area (TPSA) is 68.9 Å². The predicted molar refractivity (Wildman–Crippen MR) is 98.5 cm³/mol. The van der Waals surface area contributed by atoms with E-state index >= 15 is 0 Å². The fraction of sp³-hybridized carbons (Fsp3) is 0.316. The number of halogens is 1. The molecular weight excluding hydrogens is 321 g/mol. The highest BCUT2D eigenvalue weighted by Gasteiger charge is 2.10. The van der Waals surface area contributed by atoms with E-state index in [-0.39, 0.29) is 24.0 Å². The zero-order valence-electron chi connectivity index (χ0n) is 14.7. The quantitative estimate of drug-likeness (QED) is 0.593. The van der Waals surface area contributed by atoms with Crippen LogP contribution in [0.2, 0.25) is 0 Å². The molecular formula is C19H24FN3O2. The average molecular weight is 345 g/mol. The zero-order valence-corrected chi connectivity index (χ0v) is 14.7. The van der Waals surface area contributed by atoms with E-state index in [1.165, 1.54) is 12.1 Å². The lowest BCUT2D eigenvalue weighted by Gasteiger charge is -2.14. The molecule has 6 heteroatoms. The van der Waals surface area contributed by atoms with Crippen LogP contribution in [0.3, 0.4) is 0 Å². The number of rotatable bonds is 7. The van der Waals surface area contributed by atoms with E-state index in [0.717, 1.165) is 17.0 Å². The van der Waals surface area contributed by atoms with Gasteiger partial charge >= 0.3 is 0 Å². The summed E-state index contributed by atoms with van der Waals surface area (Å²) >= 11 is 0. The van der Waals surface area contributed by atoms with Crippen LogP contribution in [-0.2, 0) is 4.74 Å². The molecule has 0 saturated heterocycles. The van der Waals surface area contributed by atoms with Crippen LogP contribution in [0, 0.1) is 5.82 Å². The molecule has 0 aromatic heterocycles. The van der Waals surface area contributed by atoms with Crippen molar-refractivity contribution in [1.29, 1.82) is 0 Å². The lowest BCUT2D eigenvalue weighted by molar-refractivity contribution is 0.111. The molecule has 134 valence electrons. The average Bonchev–Trinajstić information content (AvgIpc) is 2.58. The molecule has 0 fully saturated rings. The third-order valence-corrected chi connectivity index (χ3v) is 3.45. The molecule has 1 atom stereocenters. The van der Waals surface area contributed by atoms with Crippen LogP contribution in [-0.4, -0.2) is 25.7 Å². The summed E-state index contributed by atoms with van der Waals surface area (Å²) in [4.78, 5) is 4.29. The number of nitrogens with zero attached hydrogens (tertiary/aromatic N) is 1. The second-order valence-electron chi connectivity index (χ2n) is 5.82. The molecule has 2 rings (SSSR count). The number of hydrogen-bond donors (Lipinski definition) is 2. The van der Waals surface area contributed by atoms with Gasteiger partial charge in [0.25, 0.3) is 0 Å². The molecule has 2 aromatic rings. The van der Waals surface area contributed by atoms with Crippen LogP contribution in [0.1, 0.15) is 25.5 Å². The molecule has 0 aliphatic rings. The Hall–Kier alpha value is -2.60. The zero-order chi connectivity index (χ0) is 18.2.